The average molecular weight is 245 g/mol. The number of fused-ring (bicyclic) bond motifs is 1. The van der Waals surface area contributed by atoms with Gasteiger partial charge in [-0.25, -0.2) is 0 Å². The molecule has 0 bridgehead atoms. The zero-order valence-electron chi connectivity index (χ0n) is 10.1. The lowest BCUT2D eigenvalue weighted by Gasteiger charge is -2.32. The van der Waals surface area contributed by atoms with E-state index in [1.54, 1.807) is 0 Å². The molecule has 2 aliphatic rings. The minimum atomic E-state index is -0.436. The van der Waals surface area contributed by atoms with Crippen LogP contribution >= 0.6 is 0 Å². The molecule has 1 fully saturated rings. The molecule has 0 unspecified atom stereocenters. The van der Waals surface area contributed by atoms with Crippen molar-refractivity contribution in [3.8, 4) is 17.6 Å². The van der Waals surface area contributed by atoms with Crippen LogP contribution in [-0.4, -0.2) is 26.4 Å². The fourth-order valence-corrected chi connectivity index (χ4v) is 2.53. The highest BCUT2D eigenvalue weighted by Gasteiger charge is 2.35. The van der Waals surface area contributed by atoms with Crippen LogP contribution in [0.5, 0.6) is 11.5 Å². The van der Waals surface area contributed by atoms with Crippen molar-refractivity contribution in [2.45, 2.75) is 18.3 Å². The number of benzene rings is 1. The van der Waals surface area contributed by atoms with Gasteiger partial charge in [0.25, 0.3) is 0 Å². The Labute approximate surface area is 106 Å². The second-order valence-electron chi connectivity index (χ2n) is 4.66. The van der Waals surface area contributed by atoms with Crippen molar-refractivity contribution in [3.05, 3.63) is 23.8 Å². The molecule has 4 heteroatoms. The molecule has 3 rings (SSSR count). The Morgan fingerprint density at radius 3 is 2.44 bits per heavy atom. The summed E-state index contributed by atoms with van der Waals surface area (Å²) in [5.41, 5.74) is 0.575. The molecule has 94 valence electrons. The van der Waals surface area contributed by atoms with Crippen molar-refractivity contribution < 1.29 is 14.2 Å². The molecule has 1 aromatic carbocycles. The first-order valence-corrected chi connectivity index (χ1v) is 6.23. The molecule has 2 aliphatic heterocycles. The van der Waals surface area contributed by atoms with Crippen molar-refractivity contribution in [1.29, 1.82) is 5.26 Å². The predicted molar refractivity (Wildman–Crippen MR) is 64.8 cm³/mol. The van der Waals surface area contributed by atoms with Crippen molar-refractivity contribution >= 4 is 0 Å². The number of rotatable bonds is 1. The first-order valence-electron chi connectivity index (χ1n) is 6.23. The highest BCUT2D eigenvalue weighted by atomic mass is 16.6. The standard InChI is InChI=1S/C14H15NO3/c15-10-14(3-5-16-6-4-14)11-1-2-12-13(9-11)18-8-7-17-12/h1-2,9H,3-8H2. The van der Waals surface area contributed by atoms with Crippen LogP contribution in [0.4, 0.5) is 0 Å². The van der Waals surface area contributed by atoms with Crippen LogP contribution in [0.3, 0.4) is 0 Å². The van der Waals surface area contributed by atoms with E-state index in [0.717, 1.165) is 29.9 Å². The van der Waals surface area contributed by atoms with Crippen LogP contribution < -0.4 is 9.47 Å². The quantitative estimate of drug-likeness (QED) is 0.759. The van der Waals surface area contributed by atoms with Crippen molar-refractivity contribution in [2.75, 3.05) is 26.4 Å². The largest absolute Gasteiger partial charge is 0.486 e. The van der Waals surface area contributed by atoms with Crippen LogP contribution in [-0.2, 0) is 10.2 Å². The highest BCUT2D eigenvalue weighted by molar-refractivity contribution is 5.47. The predicted octanol–water partition coefficient (Wildman–Crippen LogP) is 2.03. The molecular formula is C14H15NO3. The van der Waals surface area contributed by atoms with Gasteiger partial charge in [-0.05, 0) is 30.5 Å². The summed E-state index contributed by atoms with van der Waals surface area (Å²) in [6.07, 6.45) is 1.48. The summed E-state index contributed by atoms with van der Waals surface area (Å²) in [5, 5.41) is 9.52. The fourth-order valence-electron chi connectivity index (χ4n) is 2.53. The molecule has 0 spiro atoms. The van der Waals surface area contributed by atoms with E-state index in [4.69, 9.17) is 14.2 Å². The Kier molecular flexibility index (Phi) is 2.85. The highest BCUT2D eigenvalue weighted by Crippen LogP contribution is 2.39. The lowest BCUT2D eigenvalue weighted by atomic mass is 9.75. The maximum atomic E-state index is 9.52. The summed E-state index contributed by atoms with van der Waals surface area (Å²) in [4.78, 5) is 0. The zero-order chi connectivity index (χ0) is 12.4. The van der Waals surface area contributed by atoms with Gasteiger partial charge in [-0.1, -0.05) is 6.07 Å². The Hall–Kier alpha value is -1.73. The van der Waals surface area contributed by atoms with Crippen LogP contribution in [0.25, 0.3) is 0 Å². The number of ether oxygens (including phenoxy) is 3. The van der Waals surface area contributed by atoms with E-state index in [-0.39, 0.29) is 0 Å². The first kappa shape index (κ1) is 11.4. The van der Waals surface area contributed by atoms with E-state index in [9.17, 15) is 5.26 Å². The van der Waals surface area contributed by atoms with Gasteiger partial charge in [0.2, 0.25) is 0 Å². The number of hydrogen-bond acceptors (Lipinski definition) is 4. The summed E-state index contributed by atoms with van der Waals surface area (Å²) in [6.45, 7) is 2.44. The van der Waals surface area contributed by atoms with Gasteiger partial charge < -0.3 is 14.2 Å². The van der Waals surface area contributed by atoms with Gasteiger partial charge in [0, 0.05) is 13.2 Å². The summed E-state index contributed by atoms with van der Waals surface area (Å²) in [7, 11) is 0. The van der Waals surface area contributed by atoms with Gasteiger partial charge in [-0.2, -0.15) is 5.26 Å². The van der Waals surface area contributed by atoms with Crippen LogP contribution in [0.2, 0.25) is 0 Å². The normalized spacial score (nSPS) is 21.1. The van der Waals surface area contributed by atoms with Gasteiger partial charge >= 0.3 is 0 Å². The zero-order valence-corrected chi connectivity index (χ0v) is 10.1. The molecule has 18 heavy (non-hydrogen) atoms. The van der Waals surface area contributed by atoms with Crippen molar-refractivity contribution in [1.82, 2.24) is 0 Å². The number of nitriles is 1. The molecule has 0 aliphatic carbocycles. The van der Waals surface area contributed by atoms with E-state index in [1.807, 2.05) is 18.2 Å². The smallest absolute Gasteiger partial charge is 0.161 e. The van der Waals surface area contributed by atoms with E-state index >= 15 is 0 Å². The Morgan fingerprint density at radius 2 is 1.72 bits per heavy atom. The fraction of sp³-hybridized carbons (Fsp3) is 0.500. The minimum Gasteiger partial charge on any atom is -0.486 e. The van der Waals surface area contributed by atoms with Gasteiger partial charge in [0.1, 0.15) is 13.2 Å². The van der Waals surface area contributed by atoms with Gasteiger partial charge in [-0.3, -0.25) is 0 Å². The Morgan fingerprint density at radius 1 is 1.00 bits per heavy atom. The van der Waals surface area contributed by atoms with E-state index in [2.05, 4.69) is 6.07 Å². The Bertz CT molecular complexity index is 486. The summed E-state index contributed by atoms with van der Waals surface area (Å²) in [6, 6.07) is 8.29. The van der Waals surface area contributed by atoms with Crippen LogP contribution in [0.1, 0.15) is 18.4 Å². The third-order valence-corrected chi connectivity index (χ3v) is 3.66. The molecule has 0 saturated carbocycles. The topological polar surface area (TPSA) is 51.5 Å². The third-order valence-electron chi connectivity index (χ3n) is 3.66. The van der Waals surface area contributed by atoms with Crippen molar-refractivity contribution in [3.63, 3.8) is 0 Å². The summed E-state index contributed by atoms with van der Waals surface area (Å²) >= 11 is 0. The molecule has 4 nitrogen and oxygen atoms in total. The lowest BCUT2D eigenvalue weighted by Crippen LogP contribution is -2.32. The second kappa shape index (κ2) is 4.51. The van der Waals surface area contributed by atoms with Crippen LogP contribution in [0.15, 0.2) is 18.2 Å². The summed E-state index contributed by atoms with van der Waals surface area (Å²) in [5.74, 6) is 1.52. The summed E-state index contributed by atoms with van der Waals surface area (Å²) < 4.78 is 16.4. The number of hydrogen-bond donors (Lipinski definition) is 0. The number of nitrogens with zero attached hydrogens (tertiary/aromatic N) is 1. The SMILES string of the molecule is N#CC1(c2ccc3c(c2)OCCO3)CCOCC1. The van der Waals surface area contributed by atoms with Gasteiger partial charge in [-0.15, -0.1) is 0 Å². The molecule has 0 atom stereocenters. The molecule has 0 N–H and O–H groups in total. The molecular weight excluding hydrogens is 230 g/mol. The second-order valence-corrected chi connectivity index (χ2v) is 4.66. The van der Waals surface area contributed by atoms with Gasteiger partial charge in [0.15, 0.2) is 11.5 Å². The van der Waals surface area contributed by atoms with Gasteiger partial charge in [0.05, 0.1) is 11.5 Å². The van der Waals surface area contributed by atoms with E-state index in [0.29, 0.717) is 26.4 Å². The molecule has 0 radical (unpaired) electrons. The Balaban J connectivity index is 1.98. The van der Waals surface area contributed by atoms with E-state index < -0.39 is 5.41 Å². The van der Waals surface area contributed by atoms with E-state index in [1.165, 1.54) is 0 Å². The lowest BCUT2D eigenvalue weighted by molar-refractivity contribution is 0.0673. The van der Waals surface area contributed by atoms with Crippen molar-refractivity contribution in [2.24, 2.45) is 0 Å². The molecule has 2 heterocycles. The molecule has 1 saturated heterocycles. The first-order chi connectivity index (χ1) is 8.84. The molecule has 0 aromatic heterocycles. The molecule has 0 amide bonds. The molecule has 1 aromatic rings. The maximum Gasteiger partial charge on any atom is 0.161 e. The maximum absolute atomic E-state index is 9.52. The monoisotopic (exact) mass is 245 g/mol. The van der Waals surface area contributed by atoms with Crippen LogP contribution in [0, 0.1) is 11.3 Å². The average Bonchev–Trinajstić information content (AvgIpc) is 2.47. The minimum absolute atomic E-state index is 0.436. The third kappa shape index (κ3) is 1.81.